The molecule has 152 valence electrons. The molecule has 3 rings (SSSR count). The van der Waals surface area contributed by atoms with Crippen molar-refractivity contribution in [1.29, 1.82) is 0 Å². The number of anilines is 2. The molecule has 29 heavy (non-hydrogen) atoms. The SMILES string of the molecule is Cn1cc(CCCNC(=O)c2cccnc2Nc2cccc(C(F)(F)F)c2)cn1. The van der Waals surface area contributed by atoms with Gasteiger partial charge in [-0.15, -0.1) is 0 Å². The van der Waals surface area contributed by atoms with E-state index in [2.05, 4.69) is 20.7 Å². The zero-order valence-electron chi connectivity index (χ0n) is 15.7. The standard InChI is InChI=1S/C20H20F3N5O/c1-28-13-14(12-26-28)5-3-10-25-19(29)17-8-4-9-24-18(17)27-16-7-2-6-15(11-16)20(21,22)23/h2,4,6-9,11-13H,3,5,10H2,1H3,(H,24,27)(H,25,29). The molecule has 0 unspecified atom stereocenters. The average Bonchev–Trinajstić information content (AvgIpc) is 3.10. The lowest BCUT2D eigenvalue weighted by Crippen LogP contribution is -2.25. The second-order valence-corrected chi connectivity index (χ2v) is 6.48. The summed E-state index contributed by atoms with van der Waals surface area (Å²) in [4.78, 5) is 16.6. The normalized spacial score (nSPS) is 11.3. The molecule has 0 aliphatic rings. The van der Waals surface area contributed by atoms with E-state index in [0.717, 1.165) is 30.5 Å². The van der Waals surface area contributed by atoms with Crippen molar-refractivity contribution in [3.8, 4) is 0 Å². The summed E-state index contributed by atoms with van der Waals surface area (Å²) in [7, 11) is 1.84. The lowest BCUT2D eigenvalue weighted by atomic mass is 10.1. The molecule has 0 bridgehead atoms. The van der Waals surface area contributed by atoms with Gasteiger partial charge >= 0.3 is 6.18 Å². The third-order valence-corrected chi connectivity index (χ3v) is 4.19. The molecular weight excluding hydrogens is 383 g/mol. The van der Waals surface area contributed by atoms with E-state index in [1.54, 1.807) is 23.0 Å². The molecule has 2 N–H and O–H groups in total. The van der Waals surface area contributed by atoms with Crippen LogP contribution in [-0.2, 0) is 19.6 Å². The number of carbonyl (C=O) groups excluding carboxylic acids is 1. The van der Waals surface area contributed by atoms with Gasteiger partial charge in [0.15, 0.2) is 0 Å². The fourth-order valence-electron chi connectivity index (χ4n) is 2.79. The van der Waals surface area contributed by atoms with Crippen LogP contribution in [0.15, 0.2) is 55.0 Å². The number of nitrogens with zero attached hydrogens (tertiary/aromatic N) is 3. The minimum atomic E-state index is -4.45. The van der Waals surface area contributed by atoms with E-state index >= 15 is 0 Å². The Balaban J connectivity index is 1.63. The Labute approximate surface area is 165 Å². The summed E-state index contributed by atoms with van der Waals surface area (Å²) in [6.07, 6.45) is 2.22. The van der Waals surface area contributed by atoms with Crippen molar-refractivity contribution in [2.75, 3.05) is 11.9 Å². The number of hydrogen-bond donors (Lipinski definition) is 2. The van der Waals surface area contributed by atoms with Crippen LogP contribution in [0.1, 0.15) is 27.9 Å². The number of nitrogens with one attached hydrogen (secondary N) is 2. The van der Waals surface area contributed by atoms with Crippen LogP contribution >= 0.6 is 0 Å². The zero-order chi connectivity index (χ0) is 20.9. The molecule has 0 atom stereocenters. The molecule has 0 radical (unpaired) electrons. The van der Waals surface area contributed by atoms with Crippen LogP contribution in [0, 0.1) is 0 Å². The van der Waals surface area contributed by atoms with Gasteiger partial charge in [0.2, 0.25) is 0 Å². The quantitative estimate of drug-likeness (QED) is 0.586. The van der Waals surface area contributed by atoms with Crippen LogP contribution in [0.3, 0.4) is 0 Å². The van der Waals surface area contributed by atoms with Gasteiger partial charge in [0.05, 0.1) is 17.3 Å². The number of hydrogen-bond acceptors (Lipinski definition) is 4. The Hall–Kier alpha value is -3.36. The number of amides is 1. The molecule has 2 aromatic heterocycles. The van der Waals surface area contributed by atoms with Crippen molar-refractivity contribution in [1.82, 2.24) is 20.1 Å². The van der Waals surface area contributed by atoms with Gasteiger partial charge in [-0.1, -0.05) is 6.07 Å². The van der Waals surface area contributed by atoms with E-state index in [1.165, 1.54) is 18.3 Å². The highest BCUT2D eigenvalue weighted by atomic mass is 19.4. The second kappa shape index (κ2) is 8.76. The van der Waals surface area contributed by atoms with Gasteiger partial charge in [-0.3, -0.25) is 9.48 Å². The van der Waals surface area contributed by atoms with Crippen LogP contribution in [0.25, 0.3) is 0 Å². The Bertz CT molecular complexity index is 984. The van der Waals surface area contributed by atoms with Gasteiger partial charge < -0.3 is 10.6 Å². The molecule has 9 heteroatoms. The fraction of sp³-hybridized carbons (Fsp3) is 0.250. The van der Waals surface area contributed by atoms with E-state index in [4.69, 9.17) is 0 Å². The summed E-state index contributed by atoms with van der Waals surface area (Å²) >= 11 is 0. The van der Waals surface area contributed by atoms with Gasteiger partial charge in [-0.2, -0.15) is 18.3 Å². The molecule has 0 saturated heterocycles. The Morgan fingerprint density at radius 1 is 1.21 bits per heavy atom. The van der Waals surface area contributed by atoms with Gasteiger partial charge in [0.25, 0.3) is 5.91 Å². The number of pyridine rings is 1. The summed E-state index contributed by atoms with van der Waals surface area (Å²) in [6, 6.07) is 7.91. The van der Waals surface area contributed by atoms with Gasteiger partial charge in [-0.05, 0) is 48.7 Å². The van der Waals surface area contributed by atoms with Crippen LogP contribution in [-0.4, -0.2) is 27.2 Å². The monoisotopic (exact) mass is 403 g/mol. The maximum Gasteiger partial charge on any atom is 0.416 e. The minimum Gasteiger partial charge on any atom is -0.352 e. The highest BCUT2D eigenvalue weighted by Gasteiger charge is 2.30. The average molecular weight is 403 g/mol. The third-order valence-electron chi connectivity index (χ3n) is 4.19. The van der Waals surface area contributed by atoms with E-state index in [9.17, 15) is 18.0 Å². The summed E-state index contributed by atoms with van der Waals surface area (Å²) in [5, 5.41) is 9.71. The second-order valence-electron chi connectivity index (χ2n) is 6.48. The topological polar surface area (TPSA) is 71.8 Å². The maximum absolute atomic E-state index is 12.9. The predicted molar refractivity (Wildman–Crippen MR) is 103 cm³/mol. The molecule has 0 aliphatic heterocycles. The first-order chi connectivity index (χ1) is 13.8. The molecule has 3 aromatic rings. The third kappa shape index (κ3) is 5.56. The van der Waals surface area contributed by atoms with Crippen molar-refractivity contribution < 1.29 is 18.0 Å². The predicted octanol–water partition coefficient (Wildman–Crippen LogP) is 3.94. The number of halogens is 3. The Morgan fingerprint density at radius 3 is 2.76 bits per heavy atom. The van der Waals surface area contributed by atoms with Crippen molar-refractivity contribution in [2.24, 2.45) is 7.05 Å². The molecule has 2 heterocycles. The van der Waals surface area contributed by atoms with Crippen molar-refractivity contribution >= 4 is 17.4 Å². The molecular formula is C20H20F3N5O. The van der Waals surface area contributed by atoms with Gasteiger partial charge in [-0.25, -0.2) is 4.98 Å². The molecule has 0 aliphatic carbocycles. The first kappa shape index (κ1) is 20.4. The Morgan fingerprint density at radius 2 is 2.03 bits per heavy atom. The summed E-state index contributed by atoms with van der Waals surface area (Å²) in [6.45, 7) is 0.450. The highest BCUT2D eigenvalue weighted by Crippen LogP contribution is 2.31. The lowest BCUT2D eigenvalue weighted by molar-refractivity contribution is -0.137. The van der Waals surface area contributed by atoms with E-state index in [0.29, 0.717) is 6.54 Å². The Kier molecular flexibility index (Phi) is 6.16. The van der Waals surface area contributed by atoms with E-state index < -0.39 is 11.7 Å². The number of carbonyl (C=O) groups is 1. The molecule has 6 nitrogen and oxygen atoms in total. The molecule has 0 saturated carbocycles. The highest BCUT2D eigenvalue weighted by molar-refractivity contribution is 5.99. The largest absolute Gasteiger partial charge is 0.416 e. The number of rotatable bonds is 7. The molecule has 1 amide bonds. The maximum atomic E-state index is 12.9. The molecule has 0 spiro atoms. The van der Waals surface area contributed by atoms with Crippen molar-refractivity contribution in [2.45, 2.75) is 19.0 Å². The van der Waals surface area contributed by atoms with Crippen molar-refractivity contribution in [3.05, 3.63) is 71.7 Å². The van der Waals surface area contributed by atoms with E-state index in [1.807, 2.05) is 13.2 Å². The minimum absolute atomic E-state index is 0.191. The molecule has 1 aromatic carbocycles. The summed E-state index contributed by atoms with van der Waals surface area (Å²) in [5.74, 6) is -0.157. The van der Waals surface area contributed by atoms with Crippen molar-refractivity contribution in [3.63, 3.8) is 0 Å². The summed E-state index contributed by atoms with van der Waals surface area (Å²) in [5.41, 5.74) is 0.755. The fourth-order valence-corrected chi connectivity index (χ4v) is 2.79. The lowest BCUT2D eigenvalue weighted by Gasteiger charge is -2.13. The van der Waals surface area contributed by atoms with E-state index in [-0.39, 0.29) is 23.0 Å². The molecule has 0 fully saturated rings. The number of aromatic nitrogens is 3. The van der Waals surface area contributed by atoms with Crippen LogP contribution in [0.4, 0.5) is 24.7 Å². The van der Waals surface area contributed by atoms with Crippen LogP contribution in [0.5, 0.6) is 0 Å². The number of alkyl halides is 3. The smallest absolute Gasteiger partial charge is 0.352 e. The van der Waals surface area contributed by atoms with Gasteiger partial charge in [0.1, 0.15) is 5.82 Å². The first-order valence-electron chi connectivity index (χ1n) is 8.98. The van der Waals surface area contributed by atoms with Crippen LogP contribution < -0.4 is 10.6 Å². The van der Waals surface area contributed by atoms with Crippen LogP contribution in [0.2, 0.25) is 0 Å². The summed E-state index contributed by atoms with van der Waals surface area (Å²) < 4.78 is 40.4. The van der Waals surface area contributed by atoms with Gasteiger partial charge in [0, 0.05) is 31.7 Å². The first-order valence-corrected chi connectivity index (χ1v) is 8.98. The zero-order valence-corrected chi connectivity index (χ0v) is 15.7. The number of aryl methyl sites for hydroxylation is 2. The number of benzene rings is 1.